The summed E-state index contributed by atoms with van der Waals surface area (Å²) in [5.74, 6) is 0.115. The molecule has 28 heavy (non-hydrogen) atoms. The van der Waals surface area contributed by atoms with Gasteiger partial charge in [0.05, 0.1) is 24.8 Å². The minimum Gasteiger partial charge on any atom is -0.493 e. The number of azide groups is 1. The molecule has 10 nitrogen and oxygen atoms in total. The highest BCUT2D eigenvalue weighted by Crippen LogP contribution is 2.14. The van der Waals surface area contributed by atoms with Crippen LogP contribution in [0.5, 0.6) is 5.75 Å². The van der Waals surface area contributed by atoms with E-state index < -0.39 is 12.0 Å². The van der Waals surface area contributed by atoms with Crippen LogP contribution in [0, 0.1) is 0 Å². The molecule has 1 heterocycles. The molecule has 0 saturated carbocycles. The predicted octanol–water partition coefficient (Wildman–Crippen LogP) is 2.79. The minimum atomic E-state index is -0.505. The van der Waals surface area contributed by atoms with Gasteiger partial charge in [-0.3, -0.25) is 0 Å². The largest absolute Gasteiger partial charge is 0.493 e. The minimum absolute atomic E-state index is 0.128. The molecule has 142 valence electrons. The maximum atomic E-state index is 12.1. The summed E-state index contributed by atoms with van der Waals surface area (Å²) in [4.78, 5) is 16.2. The summed E-state index contributed by atoms with van der Waals surface area (Å²) >= 11 is 0. The average molecular weight is 379 g/mol. The summed E-state index contributed by atoms with van der Waals surface area (Å²) in [5.41, 5.74) is 10.0. The zero-order valence-electron chi connectivity index (χ0n) is 14.8. The second-order valence-electron chi connectivity index (χ2n) is 5.75. The Morgan fingerprint density at radius 2 is 1.96 bits per heavy atom. The first-order valence-corrected chi connectivity index (χ1v) is 8.43. The number of benzene rings is 2. The van der Waals surface area contributed by atoms with Crippen LogP contribution in [0.1, 0.15) is 15.9 Å². The summed E-state index contributed by atoms with van der Waals surface area (Å²) < 4.78 is 10.9. The maximum absolute atomic E-state index is 12.1. The number of hydrogen-bond acceptors (Lipinski definition) is 7. The van der Waals surface area contributed by atoms with E-state index in [1.165, 1.54) is 11.1 Å². The van der Waals surface area contributed by atoms with Gasteiger partial charge in [0.25, 0.3) is 0 Å². The number of esters is 1. The van der Waals surface area contributed by atoms with Crippen LogP contribution >= 0.6 is 0 Å². The van der Waals surface area contributed by atoms with Crippen molar-refractivity contribution < 1.29 is 14.3 Å². The van der Waals surface area contributed by atoms with E-state index in [0.29, 0.717) is 11.3 Å². The molecule has 0 spiro atoms. The number of ether oxygens (including phenoxy) is 2. The van der Waals surface area contributed by atoms with E-state index in [1.807, 2.05) is 30.3 Å². The Bertz CT molecular complexity index is 924. The van der Waals surface area contributed by atoms with Crippen molar-refractivity contribution in [3.63, 3.8) is 0 Å². The lowest BCUT2D eigenvalue weighted by molar-refractivity contribution is 0.0472. The third kappa shape index (κ3) is 5.55. The van der Waals surface area contributed by atoms with Crippen LogP contribution in [-0.4, -0.2) is 38.8 Å². The van der Waals surface area contributed by atoms with Crippen molar-refractivity contribution in [2.24, 2.45) is 5.11 Å². The molecular weight excluding hydrogens is 362 g/mol. The smallest absolute Gasteiger partial charge is 0.338 e. The molecule has 10 heteroatoms. The van der Waals surface area contributed by atoms with Gasteiger partial charge in [0.1, 0.15) is 12.4 Å². The molecule has 0 unspecified atom stereocenters. The van der Waals surface area contributed by atoms with Crippen LogP contribution in [0.25, 0.3) is 10.4 Å². The van der Waals surface area contributed by atoms with Crippen molar-refractivity contribution >= 4 is 5.97 Å². The molecular formula is C18H17N7O3. The van der Waals surface area contributed by atoms with Crippen molar-refractivity contribution in [1.82, 2.24) is 20.2 Å². The summed E-state index contributed by atoms with van der Waals surface area (Å²) in [6, 6.07) is 15.5. The zero-order valence-corrected chi connectivity index (χ0v) is 14.8. The second-order valence-corrected chi connectivity index (χ2v) is 5.75. The van der Waals surface area contributed by atoms with Gasteiger partial charge in [0.15, 0.2) is 6.33 Å². The molecule has 0 aliphatic carbocycles. The van der Waals surface area contributed by atoms with E-state index in [-0.39, 0.29) is 19.8 Å². The third-order valence-corrected chi connectivity index (χ3v) is 3.73. The van der Waals surface area contributed by atoms with Crippen LogP contribution in [0.3, 0.4) is 0 Å². The first-order valence-electron chi connectivity index (χ1n) is 8.43. The highest BCUT2D eigenvalue weighted by atomic mass is 16.5. The van der Waals surface area contributed by atoms with E-state index in [0.717, 1.165) is 5.56 Å². The lowest BCUT2D eigenvalue weighted by atomic mass is 10.2. The number of aromatic nitrogens is 4. The molecule has 0 N–H and O–H groups in total. The molecule has 3 aromatic rings. The predicted molar refractivity (Wildman–Crippen MR) is 98.2 cm³/mol. The topological polar surface area (TPSA) is 128 Å². The van der Waals surface area contributed by atoms with Gasteiger partial charge in [0, 0.05) is 4.91 Å². The molecule has 0 saturated heterocycles. The lowest BCUT2D eigenvalue weighted by Crippen LogP contribution is -2.23. The Hall–Kier alpha value is -3.91. The van der Waals surface area contributed by atoms with Gasteiger partial charge in [-0.1, -0.05) is 35.4 Å². The molecule has 0 aliphatic rings. The first kappa shape index (κ1) is 18.9. The molecule has 0 radical (unpaired) electrons. The number of tetrazole rings is 1. The van der Waals surface area contributed by atoms with Gasteiger partial charge in [-0.05, 0) is 40.6 Å². The Morgan fingerprint density at radius 3 is 2.64 bits per heavy atom. The summed E-state index contributed by atoms with van der Waals surface area (Å²) in [6.45, 7) is 0.583. The van der Waals surface area contributed by atoms with Gasteiger partial charge in [-0.2, -0.15) is 4.80 Å². The number of carbonyl (C=O) groups is 1. The van der Waals surface area contributed by atoms with Crippen molar-refractivity contribution in [2.75, 3.05) is 6.61 Å². The Balaban J connectivity index is 1.51. The number of hydrogen-bond donors (Lipinski definition) is 0. The second kappa shape index (κ2) is 9.70. The van der Waals surface area contributed by atoms with E-state index in [9.17, 15) is 4.79 Å². The van der Waals surface area contributed by atoms with Crippen LogP contribution in [0.15, 0.2) is 66.0 Å². The van der Waals surface area contributed by atoms with Gasteiger partial charge in [-0.25, -0.2) is 4.79 Å². The highest BCUT2D eigenvalue weighted by Gasteiger charge is 2.11. The van der Waals surface area contributed by atoms with Crippen LogP contribution in [0.4, 0.5) is 0 Å². The van der Waals surface area contributed by atoms with Crippen LogP contribution in [-0.2, 0) is 17.9 Å². The molecule has 1 aromatic heterocycles. The fourth-order valence-electron chi connectivity index (χ4n) is 2.34. The zero-order chi connectivity index (χ0) is 19.6. The molecule has 0 aliphatic heterocycles. The maximum Gasteiger partial charge on any atom is 0.338 e. The SMILES string of the molecule is [N-]=[N+]=N[C@@H](COc1ccc(C(=O)OCc2ccccc2)cc1)Cn1ncnn1. The van der Waals surface area contributed by atoms with Gasteiger partial charge < -0.3 is 9.47 Å². The highest BCUT2D eigenvalue weighted by molar-refractivity contribution is 5.89. The van der Waals surface area contributed by atoms with E-state index in [1.54, 1.807) is 24.3 Å². The van der Waals surface area contributed by atoms with E-state index >= 15 is 0 Å². The molecule has 1 atom stereocenters. The summed E-state index contributed by atoms with van der Waals surface area (Å²) in [5, 5.41) is 14.9. The van der Waals surface area contributed by atoms with Crippen LogP contribution in [0.2, 0.25) is 0 Å². The number of nitrogens with zero attached hydrogens (tertiary/aromatic N) is 7. The van der Waals surface area contributed by atoms with Crippen molar-refractivity contribution in [3.05, 3.63) is 82.5 Å². The van der Waals surface area contributed by atoms with Gasteiger partial charge in [0.2, 0.25) is 0 Å². The Morgan fingerprint density at radius 1 is 1.18 bits per heavy atom. The fraction of sp³-hybridized carbons (Fsp3) is 0.222. The van der Waals surface area contributed by atoms with Gasteiger partial charge in [-0.15, -0.1) is 10.2 Å². The quantitative estimate of drug-likeness (QED) is 0.243. The molecule has 0 amide bonds. The number of carbonyl (C=O) groups excluding carboxylic acids is 1. The lowest BCUT2D eigenvalue weighted by Gasteiger charge is -2.12. The van der Waals surface area contributed by atoms with Crippen LogP contribution < -0.4 is 4.74 Å². The molecule has 0 fully saturated rings. The number of rotatable bonds is 9. The van der Waals surface area contributed by atoms with Crippen molar-refractivity contribution in [1.29, 1.82) is 0 Å². The van der Waals surface area contributed by atoms with Gasteiger partial charge >= 0.3 is 5.97 Å². The Kier molecular flexibility index (Phi) is 6.53. The molecule has 3 rings (SSSR count). The average Bonchev–Trinajstić information content (AvgIpc) is 3.25. The summed E-state index contributed by atoms with van der Waals surface area (Å²) in [7, 11) is 0. The van der Waals surface area contributed by atoms with Crippen molar-refractivity contribution in [2.45, 2.75) is 19.2 Å². The Labute approximate surface area is 160 Å². The van der Waals surface area contributed by atoms with E-state index in [4.69, 9.17) is 15.0 Å². The van der Waals surface area contributed by atoms with E-state index in [2.05, 4.69) is 25.4 Å². The van der Waals surface area contributed by atoms with Crippen molar-refractivity contribution in [3.8, 4) is 5.75 Å². The fourth-order valence-corrected chi connectivity index (χ4v) is 2.34. The summed E-state index contributed by atoms with van der Waals surface area (Å²) in [6.07, 6.45) is 1.30. The standard InChI is InChI=1S/C18H17N7O3/c19-23-22-16(10-25-21-13-20-24-25)12-27-17-8-6-15(7-9-17)18(26)28-11-14-4-2-1-3-5-14/h1-9,13,16H,10-12H2/t16-/m1/s1. The normalized spacial score (nSPS) is 11.3. The molecule has 2 aromatic carbocycles. The molecule has 0 bridgehead atoms. The third-order valence-electron chi connectivity index (χ3n) is 3.73. The monoisotopic (exact) mass is 379 g/mol. The first-order chi connectivity index (χ1) is 13.7.